The minimum absolute atomic E-state index is 0.254. The predicted molar refractivity (Wildman–Crippen MR) is 56.0 cm³/mol. The van der Waals surface area contributed by atoms with E-state index in [1.807, 2.05) is 24.3 Å². The topological polar surface area (TPSA) is 26.3 Å². The van der Waals surface area contributed by atoms with Crippen molar-refractivity contribution >= 4 is 23.8 Å². The van der Waals surface area contributed by atoms with Crippen LogP contribution in [0.4, 0.5) is 0 Å². The number of methoxy groups -OCH3 is 1. The Bertz CT molecular complexity index is 314. The van der Waals surface area contributed by atoms with Crippen LogP contribution in [0.15, 0.2) is 30.3 Å². The Balaban J connectivity index is 2.75. The van der Waals surface area contributed by atoms with E-state index in [0.717, 1.165) is 11.3 Å². The molecule has 0 aliphatic heterocycles. The molecule has 0 radical (unpaired) electrons. The molecule has 0 aliphatic carbocycles. The molecule has 68 valence electrons. The zero-order valence-corrected chi connectivity index (χ0v) is 8.12. The lowest BCUT2D eigenvalue weighted by molar-refractivity contribution is -0.106. The van der Waals surface area contributed by atoms with Crippen molar-refractivity contribution in [2.24, 2.45) is 0 Å². The fourth-order valence-corrected chi connectivity index (χ4v) is 0.957. The third-order valence-corrected chi connectivity index (χ3v) is 1.68. The first kappa shape index (κ1) is 9.86. The summed E-state index contributed by atoms with van der Waals surface area (Å²) in [5.74, 6) is 0.800. The second kappa shape index (κ2) is 4.72. The largest absolute Gasteiger partial charge is 0.497 e. The number of carbonyl (C=O) groups is 1. The van der Waals surface area contributed by atoms with E-state index in [-0.39, 0.29) is 5.12 Å². The average Bonchev–Trinajstić information content (AvgIpc) is 2.15. The van der Waals surface area contributed by atoms with Crippen LogP contribution in [0.3, 0.4) is 0 Å². The van der Waals surface area contributed by atoms with Crippen molar-refractivity contribution < 1.29 is 9.53 Å². The maximum absolute atomic E-state index is 10.5. The quantitative estimate of drug-likeness (QED) is 0.589. The number of thiol groups is 1. The van der Waals surface area contributed by atoms with Gasteiger partial charge >= 0.3 is 0 Å². The lowest BCUT2D eigenvalue weighted by atomic mass is 10.2. The maximum Gasteiger partial charge on any atom is 0.209 e. The molecule has 0 saturated heterocycles. The van der Waals surface area contributed by atoms with Gasteiger partial charge in [0.05, 0.1) is 7.11 Å². The molecule has 0 aromatic heterocycles. The van der Waals surface area contributed by atoms with Crippen LogP contribution in [0.2, 0.25) is 0 Å². The van der Waals surface area contributed by atoms with Gasteiger partial charge in [0.1, 0.15) is 5.75 Å². The monoisotopic (exact) mass is 194 g/mol. The van der Waals surface area contributed by atoms with Gasteiger partial charge in [-0.25, -0.2) is 0 Å². The van der Waals surface area contributed by atoms with Gasteiger partial charge in [0.25, 0.3) is 0 Å². The molecule has 1 aromatic rings. The van der Waals surface area contributed by atoms with Crippen LogP contribution in [0, 0.1) is 0 Å². The highest BCUT2D eigenvalue weighted by atomic mass is 32.1. The standard InChI is InChI=1S/C10H10O2S/c1-12-9-5-2-8(3-6-9)4-7-10(11)13/h2-7H,1H3,(H,11,13)/b7-4+. The van der Waals surface area contributed by atoms with Crippen molar-refractivity contribution in [3.05, 3.63) is 35.9 Å². The zero-order valence-electron chi connectivity index (χ0n) is 7.23. The van der Waals surface area contributed by atoms with Crippen molar-refractivity contribution in [3.8, 4) is 5.75 Å². The van der Waals surface area contributed by atoms with Gasteiger partial charge in [-0.3, -0.25) is 4.79 Å². The summed E-state index contributed by atoms with van der Waals surface area (Å²) in [6.45, 7) is 0. The summed E-state index contributed by atoms with van der Waals surface area (Å²) >= 11 is 3.62. The average molecular weight is 194 g/mol. The summed E-state index contributed by atoms with van der Waals surface area (Å²) in [6, 6.07) is 7.41. The number of benzene rings is 1. The van der Waals surface area contributed by atoms with Crippen LogP contribution in [-0.4, -0.2) is 12.2 Å². The number of rotatable bonds is 3. The Hall–Kier alpha value is -1.22. The third-order valence-electron chi connectivity index (χ3n) is 1.53. The minimum Gasteiger partial charge on any atom is -0.497 e. The van der Waals surface area contributed by atoms with Gasteiger partial charge in [-0.15, -0.1) is 12.6 Å². The molecule has 3 heteroatoms. The molecule has 0 bridgehead atoms. The summed E-state index contributed by atoms with van der Waals surface area (Å²) in [7, 11) is 1.61. The highest BCUT2D eigenvalue weighted by molar-refractivity contribution is 7.97. The molecule has 0 unspecified atom stereocenters. The number of ether oxygens (including phenoxy) is 1. The van der Waals surface area contributed by atoms with Gasteiger partial charge in [0, 0.05) is 0 Å². The van der Waals surface area contributed by atoms with Crippen molar-refractivity contribution in [2.75, 3.05) is 7.11 Å². The van der Waals surface area contributed by atoms with E-state index in [2.05, 4.69) is 12.6 Å². The van der Waals surface area contributed by atoms with Gasteiger partial charge in [-0.05, 0) is 23.8 Å². The second-order valence-corrected chi connectivity index (χ2v) is 2.89. The van der Waals surface area contributed by atoms with E-state index in [4.69, 9.17) is 4.74 Å². The number of carbonyl (C=O) groups excluding carboxylic acids is 1. The molecule has 0 aliphatic rings. The smallest absolute Gasteiger partial charge is 0.209 e. The number of hydrogen-bond donors (Lipinski definition) is 1. The van der Waals surface area contributed by atoms with E-state index in [9.17, 15) is 4.79 Å². The number of hydrogen-bond acceptors (Lipinski definition) is 2. The van der Waals surface area contributed by atoms with Crippen LogP contribution in [0.5, 0.6) is 5.75 Å². The molecule has 2 nitrogen and oxygen atoms in total. The summed E-state index contributed by atoms with van der Waals surface area (Å²) < 4.78 is 4.99. The van der Waals surface area contributed by atoms with Gasteiger partial charge in [0.15, 0.2) is 0 Å². The Morgan fingerprint density at radius 3 is 2.46 bits per heavy atom. The van der Waals surface area contributed by atoms with Crippen LogP contribution >= 0.6 is 12.6 Å². The lowest BCUT2D eigenvalue weighted by Gasteiger charge is -1.98. The molecule has 0 atom stereocenters. The van der Waals surface area contributed by atoms with E-state index >= 15 is 0 Å². The highest BCUT2D eigenvalue weighted by Gasteiger charge is 1.90. The molecule has 1 aromatic carbocycles. The fraction of sp³-hybridized carbons (Fsp3) is 0.100. The zero-order chi connectivity index (χ0) is 9.68. The maximum atomic E-state index is 10.5. The van der Waals surface area contributed by atoms with Crippen molar-refractivity contribution in [3.63, 3.8) is 0 Å². The molecule has 0 N–H and O–H groups in total. The lowest BCUT2D eigenvalue weighted by Crippen LogP contribution is -1.82. The van der Waals surface area contributed by atoms with Crippen LogP contribution < -0.4 is 4.74 Å². The summed E-state index contributed by atoms with van der Waals surface area (Å²) in [4.78, 5) is 10.5. The Morgan fingerprint density at radius 2 is 2.00 bits per heavy atom. The molecule has 13 heavy (non-hydrogen) atoms. The summed E-state index contributed by atoms with van der Waals surface area (Å²) in [6.07, 6.45) is 3.11. The van der Waals surface area contributed by atoms with Crippen molar-refractivity contribution in [1.82, 2.24) is 0 Å². The first-order chi connectivity index (χ1) is 6.22. The normalized spacial score (nSPS) is 10.3. The SMILES string of the molecule is COc1ccc(/C=C/C(=O)S)cc1. The molecule has 1 rings (SSSR count). The molecular weight excluding hydrogens is 184 g/mol. The van der Waals surface area contributed by atoms with E-state index < -0.39 is 0 Å². The van der Waals surface area contributed by atoms with Gasteiger partial charge in [0.2, 0.25) is 5.12 Å². The van der Waals surface area contributed by atoms with Gasteiger partial charge < -0.3 is 4.74 Å². The Labute approximate surface area is 82.6 Å². The van der Waals surface area contributed by atoms with Crippen molar-refractivity contribution in [1.29, 1.82) is 0 Å². The van der Waals surface area contributed by atoms with Crippen LogP contribution in [0.1, 0.15) is 5.56 Å². The molecule has 0 spiro atoms. The summed E-state index contributed by atoms with van der Waals surface area (Å²) in [5, 5.41) is -0.254. The predicted octanol–water partition coefficient (Wildman–Crippen LogP) is 2.16. The van der Waals surface area contributed by atoms with E-state index in [1.165, 1.54) is 6.08 Å². The molecule has 0 amide bonds. The Kier molecular flexibility index (Phi) is 3.58. The second-order valence-electron chi connectivity index (χ2n) is 2.44. The molecule has 0 saturated carbocycles. The minimum atomic E-state index is -0.254. The van der Waals surface area contributed by atoms with Gasteiger partial charge in [-0.2, -0.15) is 0 Å². The molecule has 0 heterocycles. The van der Waals surface area contributed by atoms with Crippen LogP contribution in [0.25, 0.3) is 6.08 Å². The molecular formula is C10H10O2S. The van der Waals surface area contributed by atoms with Crippen molar-refractivity contribution in [2.45, 2.75) is 0 Å². The fourth-order valence-electron chi connectivity index (χ4n) is 0.883. The first-order valence-corrected chi connectivity index (χ1v) is 4.22. The van der Waals surface area contributed by atoms with Crippen LogP contribution in [-0.2, 0) is 4.79 Å². The first-order valence-electron chi connectivity index (χ1n) is 3.77. The van der Waals surface area contributed by atoms with E-state index in [1.54, 1.807) is 13.2 Å². The highest BCUT2D eigenvalue weighted by Crippen LogP contribution is 2.12. The van der Waals surface area contributed by atoms with E-state index in [0.29, 0.717) is 0 Å². The Morgan fingerprint density at radius 1 is 1.38 bits per heavy atom. The third kappa shape index (κ3) is 3.34. The summed E-state index contributed by atoms with van der Waals surface area (Å²) in [5.41, 5.74) is 0.947. The molecule has 0 fully saturated rings. The van der Waals surface area contributed by atoms with Gasteiger partial charge in [-0.1, -0.05) is 18.2 Å².